The Balaban J connectivity index is 2.73. The van der Waals surface area contributed by atoms with Gasteiger partial charge in [-0.15, -0.1) is 0 Å². The molecule has 1 unspecified atom stereocenters. The lowest BCUT2D eigenvalue weighted by Gasteiger charge is -2.18. The fourth-order valence-electron chi connectivity index (χ4n) is 1.60. The summed E-state index contributed by atoms with van der Waals surface area (Å²) in [5.74, 6) is 0. The highest BCUT2D eigenvalue weighted by Crippen LogP contribution is 2.24. The summed E-state index contributed by atoms with van der Waals surface area (Å²) in [6.07, 6.45) is 3.42. The molecule has 0 aliphatic carbocycles. The Hall–Kier alpha value is -0.890. The van der Waals surface area contributed by atoms with Gasteiger partial charge in [-0.1, -0.05) is 31.9 Å². The van der Waals surface area contributed by atoms with Crippen LogP contribution in [0.1, 0.15) is 33.1 Å². The lowest BCUT2D eigenvalue weighted by atomic mass is 10.1. The zero-order valence-corrected chi connectivity index (χ0v) is 10.1. The molecule has 0 spiro atoms. The van der Waals surface area contributed by atoms with Crippen LogP contribution in [0.25, 0.3) is 0 Å². The molecule has 0 aliphatic heterocycles. The van der Waals surface area contributed by atoms with E-state index in [-0.39, 0.29) is 0 Å². The maximum atomic E-state index is 5.92. The van der Waals surface area contributed by atoms with Crippen molar-refractivity contribution in [1.82, 2.24) is 0 Å². The summed E-state index contributed by atoms with van der Waals surface area (Å²) in [6, 6.07) is 6.01. The minimum atomic E-state index is 0.482. The molecule has 0 fully saturated rings. The molecule has 0 amide bonds. The van der Waals surface area contributed by atoms with Crippen molar-refractivity contribution in [3.63, 3.8) is 0 Å². The summed E-state index contributed by atoms with van der Waals surface area (Å²) in [4.78, 5) is 0. The van der Waals surface area contributed by atoms with Gasteiger partial charge in [0.1, 0.15) is 0 Å². The molecule has 1 aromatic carbocycles. The van der Waals surface area contributed by atoms with E-state index in [4.69, 9.17) is 17.3 Å². The van der Waals surface area contributed by atoms with Gasteiger partial charge in [-0.3, -0.25) is 0 Å². The van der Waals surface area contributed by atoms with E-state index in [1.165, 1.54) is 6.42 Å². The number of hydrogen-bond donors (Lipinski definition) is 2. The van der Waals surface area contributed by atoms with Crippen LogP contribution in [0.4, 0.5) is 11.4 Å². The normalized spacial score (nSPS) is 12.5. The van der Waals surface area contributed by atoms with Crippen molar-refractivity contribution in [3.8, 4) is 0 Å². The molecule has 0 radical (unpaired) electrons. The van der Waals surface area contributed by atoms with E-state index < -0.39 is 0 Å². The Morgan fingerprint density at radius 3 is 2.73 bits per heavy atom. The van der Waals surface area contributed by atoms with Gasteiger partial charge in [0.25, 0.3) is 0 Å². The first-order valence-corrected chi connectivity index (χ1v) is 5.86. The Kier molecular flexibility index (Phi) is 4.76. The first-order valence-electron chi connectivity index (χ1n) is 5.49. The second-order valence-corrected chi connectivity index (χ2v) is 4.21. The maximum absolute atomic E-state index is 5.92. The van der Waals surface area contributed by atoms with Crippen molar-refractivity contribution in [2.24, 2.45) is 0 Å². The van der Waals surface area contributed by atoms with Gasteiger partial charge in [-0.25, -0.2) is 0 Å². The largest absolute Gasteiger partial charge is 0.397 e. The summed E-state index contributed by atoms with van der Waals surface area (Å²) in [5.41, 5.74) is 7.57. The Labute approximate surface area is 96.8 Å². The van der Waals surface area contributed by atoms with E-state index in [0.717, 1.165) is 29.2 Å². The van der Waals surface area contributed by atoms with E-state index in [0.29, 0.717) is 6.04 Å². The first kappa shape index (κ1) is 12.2. The number of benzene rings is 1. The van der Waals surface area contributed by atoms with Gasteiger partial charge in [-0.05, 0) is 31.0 Å². The van der Waals surface area contributed by atoms with E-state index in [9.17, 15) is 0 Å². The fraction of sp³-hybridized carbons (Fsp3) is 0.500. The van der Waals surface area contributed by atoms with Crippen LogP contribution in [0.5, 0.6) is 0 Å². The molecule has 1 atom stereocenters. The van der Waals surface area contributed by atoms with Crippen LogP contribution >= 0.6 is 11.6 Å². The Bertz CT molecular complexity index is 312. The predicted octanol–water partition coefficient (Wildman–Crippen LogP) is 3.91. The van der Waals surface area contributed by atoms with Gasteiger partial charge < -0.3 is 11.1 Å². The SMILES string of the molecule is CCCC(CC)Nc1cc(Cl)ccc1N. The van der Waals surface area contributed by atoms with Crippen molar-refractivity contribution in [2.75, 3.05) is 11.1 Å². The van der Waals surface area contributed by atoms with E-state index in [2.05, 4.69) is 19.2 Å². The van der Waals surface area contributed by atoms with Crippen molar-refractivity contribution < 1.29 is 0 Å². The topological polar surface area (TPSA) is 38.0 Å². The average molecular weight is 227 g/mol. The van der Waals surface area contributed by atoms with Crippen LogP contribution in [0.15, 0.2) is 18.2 Å². The van der Waals surface area contributed by atoms with Gasteiger partial charge in [0.15, 0.2) is 0 Å². The van der Waals surface area contributed by atoms with Crippen LogP contribution in [0.2, 0.25) is 5.02 Å². The molecule has 15 heavy (non-hydrogen) atoms. The van der Waals surface area contributed by atoms with Crippen LogP contribution < -0.4 is 11.1 Å². The van der Waals surface area contributed by atoms with Crippen LogP contribution in [0, 0.1) is 0 Å². The summed E-state index contributed by atoms with van der Waals surface area (Å²) >= 11 is 5.92. The highest BCUT2D eigenvalue weighted by molar-refractivity contribution is 6.31. The summed E-state index contributed by atoms with van der Waals surface area (Å²) in [7, 11) is 0. The second-order valence-electron chi connectivity index (χ2n) is 3.77. The molecule has 0 aliphatic rings. The maximum Gasteiger partial charge on any atom is 0.0590 e. The molecule has 0 saturated heterocycles. The number of anilines is 2. The van der Waals surface area contributed by atoms with E-state index in [1.807, 2.05) is 18.2 Å². The average Bonchev–Trinajstić information content (AvgIpc) is 2.22. The number of hydrogen-bond acceptors (Lipinski definition) is 2. The molecule has 1 rings (SSSR count). The third-order valence-electron chi connectivity index (χ3n) is 2.50. The molecule has 3 heteroatoms. The number of rotatable bonds is 5. The number of nitrogen functional groups attached to an aromatic ring is 1. The summed E-state index contributed by atoms with van der Waals surface area (Å²) < 4.78 is 0. The predicted molar refractivity (Wildman–Crippen MR) is 68.5 cm³/mol. The van der Waals surface area contributed by atoms with Crippen molar-refractivity contribution in [2.45, 2.75) is 39.2 Å². The van der Waals surface area contributed by atoms with Crippen LogP contribution in [0.3, 0.4) is 0 Å². The minimum absolute atomic E-state index is 0.482. The minimum Gasteiger partial charge on any atom is -0.397 e. The molecule has 0 saturated carbocycles. The zero-order chi connectivity index (χ0) is 11.3. The first-order chi connectivity index (χ1) is 7.17. The number of halogens is 1. The summed E-state index contributed by atoms with van der Waals surface area (Å²) in [6.45, 7) is 4.36. The number of nitrogens with two attached hydrogens (primary N) is 1. The van der Waals surface area contributed by atoms with Gasteiger partial charge in [0.05, 0.1) is 11.4 Å². The summed E-state index contributed by atoms with van der Waals surface area (Å²) in [5, 5.41) is 4.15. The molecular weight excluding hydrogens is 208 g/mol. The van der Waals surface area contributed by atoms with Crippen LogP contribution in [-0.4, -0.2) is 6.04 Å². The zero-order valence-electron chi connectivity index (χ0n) is 9.39. The quantitative estimate of drug-likeness (QED) is 0.747. The molecule has 0 aromatic heterocycles. The monoisotopic (exact) mass is 226 g/mol. The van der Waals surface area contributed by atoms with Crippen molar-refractivity contribution >= 4 is 23.0 Å². The molecule has 0 bridgehead atoms. The molecule has 3 N–H and O–H groups in total. The lowest BCUT2D eigenvalue weighted by Crippen LogP contribution is -2.18. The molecule has 1 aromatic rings. The third kappa shape index (κ3) is 3.63. The fourth-order valence-corrected chi connectivity index (χ4v) is 1.77. The molecular formula is C12H19ClN2. The highest BCUT2D eigenvalue weighted by Gasteiger charge is 2.07. The standard InChI is InChI=1S/C12H19ClN2/c1-3-5-10(4-2)15-12-8-9(13)6-7-11(12)14/h6-8,10,15H,3-5,14H2,1-2H3. The van der Waals surface area contributed by atoms with E-state index >= 15 is 0 Å². The molecule has 84 valence electrons. The van der Waals surface area contributed by atoms with Crippen molar-refractivity contribution in [3.05, 3.63) is 23.2 Å². The number of nitrogens with one attached hydrogen (secondary N) is 1. The van der Waals surface area contributed by atoms with Gasteiger partial charge >= 0.3 is 0 Å². The third-order valence-corrected chi connectivity index (χ3v) is 2.74. The second kappa shape index (κ2) is 5.86. The van der Waals surface area contributed by atoms with Gasteiger partial charge in [0, 0.05) is 11.1 Å². The Morgan fingerprint density at radius 2 is 2.13 bits per heavy atom. The highest BCUT2D eigenvalue weighted by atomic mass is 35.5. The molecule has 2 nitrogen and oxygen atoms in total. The van der Waals surface area contributed by atoms with Crippen LogP contribution in [-0.2, 0) is 0 Å². The lowest BCUT2D eigenvalue weighted by molar-refractivity contribution is 0.623. The smallest absolute Gasteiger partial charge is 0.0590 e. The van der Waals surface area contributed by atoms with Crippen molar-refractivity contribution in [1.29, 1.82) is 0 Å². The molecule has 0 heterocycles. The Morgan fingerprint density at radius 1 is 1.40 bits per heavy atom. The van der Waals surface area contributed by atoms with Gasteiger partial charge in [0.2, 0.25) is 0 Å². The van der Waals surface area contributed by atoms with E-state index in [1.54, 1.807) is 0 Å². The van der Waals surface area contributed by atoms with Gasteiger partial charge in [-0.2, -0.15) is 0 Å².